The summed E-state index contributed by atoms with van der Waals surface area (Å²) in [6.45, 7) is 3.87. The summed E-state index contributed by atoms with van der Waals surface area (Å²) in [5.74, 6) is 1.23. The third-order valence-electron chi connectivity index (χ3n) is 2.43. The first-order valence-electron chi connectivity index (χ1n) is 6.28. The van der Waals surface area contributed by atoms with Crippen LogP contribution >= 0.6 is 0 Å². The normalized spacial score (nSPS) is 15.4. The summed E-state index contributed by atoms with van der Waals surface area (Å²) in [4.78, 5) is 0. The second-order valence-corrected chi connectivity index (χ2v) is 6.77. The van der Waals surface area contributed by atoms with Crippen molar-refractivity contribution in [3.05, 3.63) is 18.2 Å². The Kier molecular flexibility index (Phi) is 3.89. The van der Waals surface area contributed by atoms with E-state index in [0.29, 0.717) is 17.2 Å². The first-order valence-corrected chi connectivity index (χ1v) is 8.18. The number of rotatable bonds is 6. The van der Waals surface area contributed by atoms with Crippen LogP contribution in [0.5, 0.6) is 11.5 Å². The fraction of sp³-hybridized carbons (Fsp3) is 0.538. The molecule has 0 radical (unpaired) electrons. The van der Waals surface area contributed by atoms with E-state index >= 15 is 0 Å². The average molecular weight is 285 g/mol. The van der Waals surface area contributed by atoms with E-state index in [0.717, 1.165) is 19.1 Å². The summed E-state index contributed by atoms with van der Waals surface area (Å²) in [5.41, 5.74) is 0.481. The molecular formula is C13H19NO4S. The minimum atomic E-state index is -3.29. The minimum Gasteiger partial charge on any atom is -0.487 e. The summed E-state index contributed by atoms with van der Waals surface area (Å²) in [7, 11) is -3.29. The Morgan fingerprint density at radius 2 is 1.95 bits per heavy atom. The van der Waals surface area contributed by atoms with Crippen LogP contribution in [0.15, 0.2) is 18.2 Å². The van der Waals surface area contributed by atoms with Crippen LogP contribution in [0.1, 0.15) is 26.7 Å². The minimum absolute atomic E-state index is 0.0373. The molecule has 0 spiro atoms. The van der Waals surface area contributed by atoms with Crippen molar-refractivity contribution in [1.29, 1.82) is 0 Å². The Morgan fingerprint density at radius 3 is 2.47 bits per heavy atom. The van der Waals surface area contributed by atoms with Crippen molar-refractivity contribution in [1.82, 2.24) is 0 Å². The molecule has 19 heavy (non-hydrogen) atoms. The number of hydrogen-bond acceptors (Lipinski definition) is 4. The molecule has 1 fully saturated rings. The van der Waals surface area contributed by atoms with E-state index in [2.05, 4.69) is 4.72 Å². The predicted molar refractivity (Wildman–Crippen MR) is 74.3 cm³/mol. The SMILES string of the molecule is CC(C)Oc1ccc(NS(C)(=O)=O)cc1OC1CC1. The zero-order valence-corrected chi connectivity index (χ0v) is 12.2. The second kappa shape index (κ2) is 5.28. The van der Waals surface area contributed by atoms with Crippen LogP contribution in [0.4, 0.5) is 5.69 Å². The molecule has 0 saturated heterocycles. The fourth-order valence-corrected chi connectivity index (χ4v) is 2.15. The quantitative estimate of drug-likeness (QED) is 0.871. The van der Waals surface area contributed by atoms with Crippen LogP contribution in [-0.2, 0) is 10.0 Å². The predicted octanol–water partition coefficient (Wildman–Crippen LogP) is 2.39. The highest BCUT2D eigenvalue weighted by Crippen LogP contribution is 2.36. The Morgan fingerprint density at radius 1 is 1.26 bits per heavy atom. The van der Waals surface area contributed by atoms with Crippen molar-refractivity contribution in [2.45, 2.75) is 38.9 Å². The number of hydrogen-bond donors (Lipinski definition) is 1. The molecule has 0 heterocycles. The van der Waals surface area contributed by atoms with Crippen molar-refractivity contribution >= 4 is 15.7 Å². The van der Waals surface area contributed by atoms with Crippen LogP contribution in [0.2, 0.25) is 0 Å². The smallest absolute Gasteiger partial charge is 0.229 e. The van der Waals surface area contributed by atoms with Gasteiger partial charge in [0.15, 0.2) is 11.5 Å². The van der Waals surface area contributed by atoms with Gasteiger partial charge in [0.1, 0.15) is 0 Å². The highest BCUT2D eigenvalue weighted by atomic mass is 32.2. The van der Waals surface area contributed by atoms with Gasteiger partial charge in [-0.3, -0.25) is 4.72 Å². The first kappa shape index (κ1) is 14.0. The zero-order chi connectivity index (χ0) is 14.0. The average Bonchev–Trinajstić information content (AvgIpc) is 3.03. The third-order valence-corrected chi connectivity index (χ3v) is 3.03. The maximum absolute atomic E-state index is 11.2. The van der Waals surface area contributed by atoms with Crippen molar-refractivity contribution < 1.29 is 17.9 Å². The standard InChI is InChI=1S/C13H19NO4S/c1-9(2)17-12-7-4-10(14-19(3,15)16)8-13(12)18-11-5-6-11/h4,7-9,11,14H,5-6H2,1-3H3. The fourth-order valence-electron chi connectivity index (χ4n) is 1.59. The topological polar surface area (TPSA) is 64.6 Å². The lowest BCUT2D eigenvalue weighted by molar-refractivity contribution is 0.218. The number of nitrogens with one attached hydrogen (secondary N) is 1. The molecule has 1 saturated carbocycles. The van der Waals surface area contributed by atoms with Gasteiger partial charge in [-0.1, -0.05) is 0 Å². The van der Waals surface area contributed by atoms with Gasteiger partial charge in [-0.15, -0.1) is 0 Å². The lowest BCUT2D eigenvalue weighted by Crippen LogP contribution is -2.11. The molecule has 0 bridgehead atoms. The number of sulfonamides is 1. The van der Waals surface area contributed by atoms with Gasteiger partial charge >= 0.3 is 0 Å². The number of benzene rings is 1. The van der Waals surface area contributed by atoms with Crippen molar-refractivity contribution in [2.75, 3.05) is 11.0 Å². The van der Waals surface area contributed by atoms with Crippen LogP contribution in [0.3, 0.4) is 0 Å². The van der Waals surface area contributed by atoms with Crippen molar-refractivity contribution in [3.8, 4) is 11.5 Å². The lowest BCUT2D eigenvalue weighted by Gasteiger charge is -2.16. The highest BCUT2D eigenvalue weighted by molar-refractivity contribution is 7.92. The monoisotopic (exact) mass is 285 g/mol. The molecule has 0 unspecified atom stereocenters. The zero-order valence-electron chi connectivity index (χ0n) is 11.3. The van der Waals surface area contributed by atoms with E-state index in [9.17, 15) is 8.42 Å². The molecule has 1 aliphatic rings. The number of ether oxygens (including phenoxy) is 2. The maximum atomic E-state index is 11.2. The molecule has 6 heteroatoms. The van der Waals surface area contributed by atoms with Gasteiger partial charge in [0, 0.05) is 6.07 Å². The summed E-state index contributed by atoms with van der Waals surface area (Å²) in [6, 6.07) is 5.06. The number of anilines is 1. The van der Waals surface area contributed by atoms with Gasteiger partial charge in [-0.25, -0.2) is 8.42 Å². The molecule has 1 N–H and O–H groups in total. The van der Waals surface area contributed by atoms with E-state index in [-0.39, 0.29) is 12.2 Å². The van der Waals surface area contributed by atoms with Crippen LogP contribution in [0.25, 0.3) is 0 Å². The lowest BCUT2D eigenvalue weighted by atomic mass is 10.3. The van der Waals surface area contributed by atoms with Gasteiger partial charge in [0.2, 0.25) is 10.0 Å². The van der Waals surface area contributed by atoms with Gasteiger partial charge in [-0.05, 0) is 38.8 Å². The Labute approximate surface area is 114 Å². The highest BCUT2D eigenvalue weighted by Gasteiger charge is 2.25. The molecule has 0 amide bonds. The van der Waals surface area contributed by atoms with Gasteiger partial charge in [0.05, 0.1) is 24.2 Å². The maximum Gasteiger partial charge on any atom is 0.229 e. The van der Waals surface area contributed by atoms with Crippen LogP contribution in [0, 0.1) is 0 Å². The molecule has 0 aliphatic heterocycles. The van der Waals surface area contributed by atoms with E-state index < -0.39 is 10.0 Å². The third kappa shape index (κ3) is 4.63. The molecule has 106 valence electrons. The van der Waals surface area contributed by atoms with Gasteiger partial charge in [-0.2, -0.15) is 0 Å². The van der Waals surface area contributed by atoms with E-state index in [1.165, 1.54) is 0 Å². The van der Waals surface area contributed by atoms with Crippen molar-refractivity contribution in [3.63, 3.8) is 0 Å². The molecule has 5 nitrogen and oxygen atoms in total. The Balaban J connectivity index is 2.23. The first-order chi connectivity index (χ1) is 8.83. The Bertz CT molecular complexity index is 550. The molecular weight excluding hydrogens is 266 g/mol. The van der Waals surface area contributed by atoms with Crippen LogP contribution in [-0.4, -0.2) is 26.9 Å². The molecule has 0 aromatic heterocycles. The second-order valence-electron chi connectivity index (χ2n) is 5.02. The van der Waals surface area contributed by atoms with E-state index in [4.69, 9.17) is 9.47 Å². The largest absolute Gasteiger partial charge is 0.487 e. The molecule has 2 rings (SSSR count). The van der Waals surface area contributed by atoms with E-state index in [1.54, 1.807) is 18.2 Å². The molecule has 1 aromatic carbocycles. The summed E-state index contributed by atoms with van der Waals surface area (Å²) < 4.78 is 36.3. The van der Waals surface area contributed by atoms with Crippen molar-refractivity contribution in [2.24, 2.45) is 0 Å². The molecule has 1 aromatic rings. The van der Waals surface area contributed by atoms with E-state index in [1.807, 2.05) is 13.8 Å². The van der Waals surface area contributed by atoms with Gasteiger partial charge < -0.3 is 9.47 Å². The summed E-state index contributed by atoms with van der Waals surface area (Å²) in [6.07, 6.45) is 3.45. The van der Waals surface area contributed by atoms with Gasteiger partial charge in [0.25, 0.3) is 0 Å². The Hall–Kier alpha value is -1.43. The van der Waals surface area contributed by atoms with Crippen LogP contribution < -0.4 is 14.2 Å². The summed E-state index contributed by atoms with van der Waals surface area (Å²) in [5, 5.41) is 0. The molecule has 0 atom stereocenters. The summed E-state index contributed by atoms with van der Waals surface area (Å²) >= 11 is 0. The molecule has 1 aliphatic carbocycles.